The third-order valence-corrected chi connectivity index (χ3v) is 4.39. The van der Waals surface area contributed by atoms with Gasteiger partial charge >= 0.3 is 0 Å². The Morgan fingerprint density at radius 3 is 3.00 bits per heavy atom. The van der Waals surface area contributed by atoms with Crippen molar-refractivity contribution in [3.63, 3.8) is 0 Å². The Labute approximate surface area is 127 Å². The highest BCUT2D eigenvalue weighted by molar-refractivity contribution is 7.11. The van der Waals surface area contributed by atoms with Crippen LogP contribution in [0.25, 0.3) is 11.0 Å². The van der Waals surface area contributed by atoms with Gasteiger partial charge in [-0.2, -0.15) is 0 Å². The van der Waals surface area contributed by atoms with Gasteiger partial charge in [0, 0.05) is 27.8 Å². The number of benzene rings is 1. The molecule has 0 spiro atoms. The lowest BCUT2D eigenvalue weighted by Gasteiger charge is -2.13. The SMILES string of the molecule is Cc1ccc(CC(C)NC(=O)c2ccc3nc[nH]c3c2)s1. The molecule has 2 N–H and O–H groups in total. The highest BCUT2D eigenvalue weighted by Gasteiger charge is 2.12. The van der Waals surface area contributed by atoms with Crippen LogP contribution in [0.5, 0.6) is 0 Å². The number of aromatic nitrogens is 2. The second kappa shape index (κ2) is 5.69. The first kappa shape index (κ1) is 13.8. The van der Waals surface area contributed by atoms with E-state index in [0.717, 1.165) is 17.5 Å². The number of hydrogen-bond acceptors (Lipinski definition) is 3. The average molecular weight is 299 g/mol. The van der Waals surface area contributed by atoms with Gasteiger partial charge in [0.2, 0.25) is 0 Å². The zero-order valence-electron chi connectivity index (χ0n) is 12.0. The summed E-state index contributed by atoms with van der Waals surface area (Å²) < 4.78 is 0. The predicted octanol–water partition coefficient (Wildman–Crippen LogP) is 3.29. The van der Waals surface area contributed by atoms with Crippen molar-refractivity contribution < 1.29 is 4.79 Å². The van der Waals surface area contributed by atoms with Crippen molar-refractivity contribution in [2.45, 2.75) is 26.3 Å². The van der Waals surface area contributed by atoms with Gasteiger partial charge in [0.15, 0.2) is 0 Å². The van der Waals surface area contributed by atoms with Gasteiger partial charge < -0.3 is 10.3 Å². The quantitative estimate of drug-likeness (QED) is 0.776. The van der Waals surface area contributed by atoms with Crippen LogP contribution in [0.4, 0.5) is 0 Å². The van der Waals surface area contributed by atoms with Gasteiger partial charge in [-0.25, -0.2) is 4.98 Å². The lowest BCUT2D eigenvalue weighted by Crippen LogP contribution is -2.33. The predicted molar refractivity (Wildman–Crippen MR) is 85.8 cm³/mol. The lowest BCUT2D eigenvalue weighted by atomic mass is 10.1. The Bertz CT molecular complexity index is 775. The van der Waals surface area contributed by atoms with Crippen LogP contribution in [0.2, 0.25) is 0 Å². The number of thiophene rings is 1. The molecule has 0 aliphatic carbocycles. The Morgan fingerprint density at radius 2 is 2.24 bits per heavy atom. The molecule has 1 unspecified atom stereocenters. The molecule has 0 saturated heterocycles. The van der Waals surface area contributed by atoms with Gasteiger partial charge in [0.1, 0.15) is 0 Å². The van der Waals surface area contributed by atoms with E-state index in [1.54, 1.807) is 23.7 Å². The molecular weight excluding hydrogens is 282 g/mol. The van der Waals surface area contributed by atoms with E-state index in [2.05, 4.69) is 34.3 Å². The second-order valence-electron chi connectivity index (χ2n) is 5.23. The standard InChI is InChI=1S/C16H17N3OS/c1-10(7-13-5-3-11(2)21-13)19-16(20)12-4-6-14-15(8-12)18-9-17-14/h3-6,8-10H,7H2,1-2H3,(H,17,18)(H,19,20). The van der Waals surface area contributed by atoms with Crippen LogP contribution in [0.1, 0.15) is 27.0 Å². The summed E-state index contributed by atoms with van der Waals surface area (Å²) in [6.07, 6.45) is 2.49. The molecule has 3 rings (SSSR count). The van der Waals surface area contributed by atoms with Crippen LogP contribution in [0, 0.1) is 6.92 Å². The van der Waals surface area contributed by atoms with Gasteiger partial charge in [-0.15, -0.1) is 11.3 Å². The van der Waals surface area contributed by atoms with E-state index in [1.165, 1.54) is 9.75 Å². The third-order valence-electron chi connectivity index (χ3n) is 3.36. The summed E-state index contributed by atoms with van der Waals surface area (Å²) >= 11 is 1.78. The fourth-order valence-corrected chi connectivity index (χ4v) is 3.35. The van der Waals surface area contributed by atoms with E-state index < -0.39 is 0 Å². The monoisotopic (exact) mass is 299 g/mol. The maximum absolute atomic E-state index is 12.3. The Hall–Kier alpha value is -2.14. The van der Waals surface area contributed by atoms with Crippen molar-refractivity contribution in [2.75, 3.05) is 0 Å². The molecule has 0 saturated carbocycles. The number of amides is 1. The van der Waals surface area contributed by atoms with E-state index in [4.69, 9.17) is 0 Å². The Balaban J connectivity index is 1.67. The molecule has 0 bridgehead atoms. The van der Waals surface area contributed by atoms with E-state index in [1.807, 2.05) is 19.1 Å². The number of imidazole rings is 1. The first-order valence-corrected chi connectivity index (χ1v) is 7.73. The highest BCUT2D eigenvalue weighted by Crippen LogP contribution is 2.17. The summed E-state index contributed by atoms with van der Waals surface area (Å²) in [5.74, 6) is -0.0488. The fraction of sp³-hybridized carbons (Fsp3) is 0.250. The van der Waals surface area contributed by atoms with Crippen LogP contribution in [-0.4, -0.2) is 21.9 Å². The number of fused-ring (bicyclic) bond motifs is 1. The highest BCUT2D eigenvalue weighted by atomic mass is 32.1. The number of nitrogens with zero attached hydrogens (tertiary/aromatic N) is 1. The number of rotatable bonds is 4. The van der Waals surface area contributed by atoms with Crippen LogP contribution < -0.4 is 5.32 Å². The molecule has 108 valence electrons. The third kappa shape index (κ3) is 3.13. The molecule has 0 aliphatic rings. The molecule has 0 fully saturated rings. The van der Waals surface area contributed by atoms with Gasteiger partial charge in [-0.1, -0.05) is 0 Å². The number of nitrogens with one attached hydrogen (secondary N) is 2. The van der Waals surface area contributed by atoms with Crippen molar-refractivity contribution in [1.29, 1.82) is 0 Å². The number of aryl methyl sites for hydroxylation is 1. The van der Waals surface area contributed by atoms with Gasteiger partial charge in [0.05, 0.1) is 17.4 Å². The maximum atomic E-state index is 12.3. The van der Waals surface area contributed by atoms with Crippen molar-refractivity contribution in [1.82, 2.24) is 15.3 Å². The van der Waals surface area contributed by atoms with Crippen LogP contribution in [0.15, 0.2) is 36.7 Å². The summed E-state index contributed by atoms with van der Waals surface area (Å²) in [5.41, 5.74) is 2.40. The Kier molecular flexibility index (Phi) is 3.75. The first-order chi connectivity index (χ1) is 10.1. The van der Waals surface area contributed by atoms with E-state index in [-0.39, 0.29) is 11.9 Å². The number of carbonyl (C=O) groups excluding carboxylic acids is 1. The summed E-state index contributed by atoms with van der Waals surface area (Å²) in [6.45, 7) is 4.12. The summed E-state index contributed by atoms with van der Waals surface area (Å²) in [7, 11) is 0. The minimum absolute atomic E-state index is 0.0488. The first-order valence-electron chi connectivity index (χ1n) is 6.91. The lowest BCUT2D eigenvalue weighted by molar-refractivity contribution is 0.0940. The molecular formula is C16H17N3OS. The summed E-state index contributed by atoms with van der Waals surface area (Å²) in [6, 6.07) is 9.84. The molecule has 0 radical (unpaired) electrons. The van der Waals surface area contributed by atoms with Crippen molar-refractivity contribution in [2.24, 2.45) is 0 Å². The molecule has 1 amide bonds. The van der Waals surface area contributed by atoms with Gasteiger partial charge in [-0.3, -0.25) is 4.79 Å². The van der Waals surface area contributed by atoms with Gasteiger partial charge in [-0.05, 0) is 44.2 Å². The van der Waals surface area contributed by atoms with E-state index >= 15 is 0 Å². The normalized spacial score (nSPS) is 12.5. The molecule has 1 atom stereocenters. The topological polar surface area (TPSA) is 57.8 Å². The van der Waals surface area contributed by atoms with Crippen LogP contribution >= 0.6 is 11.3 Å². The molecule has 3 aromatic rings. The largest absolute Gasteiger partial charge is 0.349 e. The minimum atomic E-state index is -0.0488. The molecule has 2 heterocycles. The molecule has 2 aromatic heterocycles. The smallest absolute Gasteiger partial charge is 0.251 e. The Morgan fingerprint density at radius 1 is 1.38 bits per heavy atom. The van der Waals surface area contributed by atoms with Crippen molar-refractivity contribution in [3.8, 4) is 0 Å². The molecule has 5 heteroatoms. The number of aromatic amines is 1. The minimum Gasteiger partial charge on any atom is -0.349 e. The molecule has 21 heavy (non-hydrogen) atoms. The van der Waals surface area contributed by atoms with Crippen LogP contribution in [0.3, 0.4) is 0 Å². The summed E-state index contributed by atoms with van der Waals surface area (Å²) in [5, 5.41) is 3.04. The fourth-order valence-electron chi connectivity index (χ4n) is 2.33. The molecule has 1 aromatic carbocycles. The number of hydrogen-bond donors (Lipinski definition) is 2. The van der Waals surface area contributed by atoms with Crippen molar-refractivity contribution >= 4 is 28.3 Å². The summed E-state index contributed by atoms with van der Waals surface area (Å²) in [4.78, 5) is 22.0. The van der Waals surface area contributed by atoms with E-state index in [9.17, 15) is 4.79 Å². The second-order valence-corrected chi connectivity index (χ2v) is 6.60. The molecule has 0 aliphatic heterocycles. The zero-order valence-corrected chi connectivity index (χ0v) is 12.8. The maximum Gasteiger partial charge on any atom is 0.251 e. The van der Waals surface area contributed by atoms with Crippen LogP contribution in [-0.2, 0) is 6.42 Å². The van der Waals surface area contributed by atoms with Crippen molar-refractivity contribution in [3.05, 3.63) is 52.0 Å². The van der Waals surface area contributed by atoms with E-state index in [0.29, 0.717) is 5.56 Å². The number of carbonyl (C=O) groups is 1. The average Bonchev–Trinajstić information content (AvgIpc) is 3.06. The van der Waals surface area contributed by atoms with Gasteiger partial charge in [0.25, 0.3) is 5.91 Å². The zero-order chi connectivity index (χ0) is 14.8. The number of H-pyrrole nitrogens is 1. The molecule has 4 nitrogen and oxygen atoms in total.